The lowest BCUT2D eigenvalue weighted by molar-refractivity contribution is 0.0739. The van der Waals surface area contributed by atoms with Gasteiger partial charge in [-0.05, 0) is 44.7 Å². The van der Waals surface area contributed by atoms with Crippen molar-refractivity contribution in [2.75, 3.05) is 17.6 Å². The highest BCUT2D eigenvalue weighted by Crippen LogP contribution is 2.38. The van der Waals surface area contributed by atoms with E-state index in [1.165, 1.54) is 12.8 Å². The van der Waals surface area contributed by atoms with Crippen LogP contribution in [0, 0.1) is 5.92 Å². The molecule has 0 amide bonds. The summed E-state index contributed by atoms with van der Waals surface area (Å²) < 4.78 is 0. The van der Waals surface area contributed by atoms with Crippen LogP contribution < -0.4 is 11.1 Å². The monoisotopic (exact) mass is 331 g/mol. The smallest absolute Gasteiger partial charge is 0.101 e. The molecule has 0 spiro atoms. The molecule has 0 saturated heterocycles. The van der Waals surface area contributed by atoms with Crippen molar-refractivity contribution in [3.05, 3.63) is 41.2 Å². The lowest BCUT2D eigenvalue weighted by Gasteiger charge is -2.17. The summed E-state index contributed by atoms with van der Waals surface area (Å²) in [6.07, 6.45) is 4.29. The number of pyridine rings is 1. The maximum Gasteiger partial charge on any atom is 0.101 e. The van der Waals surface area contributed by atoms with Crippen molar-refractivity contribution in [1.82, 2.24) is 4.98 Å². The molecule has 5 heteroatoms. The number of hydrogen-bond acceptors (Lipinski definition) is 4. The van der Waals surface area contributed by atoms with Crippen LogP contribution in [0.1, 0.15) is 32.4 Å². The Morgan fingerprint density at radius 1 is 1.30 bits per heavy atom. The Bertz CT molecular complexity index is 703. The number of aliphatic hydroxyl groups is 1. The molecule has 23 heavy (non-hydrogen) atoms. The molecule has 1 fully saturated rings. The summed E-state index contributed by atoms with van der Waals surface area (Å²) in [5.41, 5.74) is 9.00. The van der Waals surface area contributed by atoms with E-state index >= 15 is 0 Å². The van der Waals surface area contributed by atoms with Crippen molar-refractivity contribution in [2.45, 2.75) is 32.3 Å². The number of nitrogens with two attached hydrogens (primary N) is 1. The van der Waals surface area contributed by atoms with Gasteiger partial charge < -0.3 is 16.2 Å². The Labute approximate surface area is 141 Å². The molecule has 4 nitrogen and oxygen atoms in total. The second kappa shape index (κ2) is 6.02. The Kier molecular flexibility index (Phi) is 4.21. The zero-order valence-electron chi connectivity index (χ0n) is 13.4. The zero-order valence-corrected chi connectivity index (χ0v) is 14.2. The predicted molar refractivity (Wildman–Crippen MR) is 95.6 cm³/mol. The molecule has 3 rings (SSSR count). The summed E-state index contributed by atoms with van der Waals surface area (Å²) in [4.78, 5) is 4.32. The van der Waals surface area contributed by atoms with Crippen molar-refractivity contribution in [3.63, 3.8) is 0 Å². The van der Waals surface area contributed by atoms with Crippen LogP contribution in [0.3, 0.4) is 0 Å². The number of hydrogen-bond donors (Lipinski definition) is 3. The van der Waals surface area contributed by atoms with E-state index in [0.717, 1.165) is 29.3 Å². The van der Waals surface area contributed by atoms with Crippen molar-refractivity contribution < 1.29 is 5.11 Å². The number of benzene rings is 1. The fraction of sp³-hybridized carbons (Fsp3) is 0.389. The van der Waals surface area contributed by atoms with Gasteiger partial charge in [-0.1, -0.05) is 23.7 Å². The molecule has 4 N–H and O–H groups in total. The van der Waals surface area contributed by atoms with Gasteiger partial charge in [-0.15, -0.1) is 0 Å². The first-order valence-electron chi connectivity index (χ1n) is 7.87. The molecule has 1 aromatic carbocycles. The molecular weight excluding hydrogens is 310 g/mol. The third-order valence-electron chi connectivity index (χ3n) is 4.16. The minimum atomic E-state index is -0.960. The molecule has 0 aliphatic heterocycles. The molecule has 1 saturated carbocycles. The molecule has 0 unspecified atom stereocenters. The molecule has 1 aliphatic carbocycles. The molecule has 0 radical (unpaired) electrons. The van der Waals surface area contributed by atoms with E-state index in [4.69, 9.17) is 17.3 Å². The van der Waals surface area contributed by atoms with Crippen LogP contribution in [0.15, 0.2) is 30.5 Å². The number of halogens is 1. The molecule has 2 aromatic rings. The van der Waals surface area contributed by atoms with Gasteiger partial charge >= 0.3 is 0 Å². The van der Waals surface area contributed by atoms with Crippen molar-refractivity contribution in [3.8, 4) is 11.1 Å². The normalized spacial score (nSPS) is 14.8. The van der Waals surface area contributed by atoms with E-state index in [1.807, 2.05) is 18.2 Å². The first-order valence-corrected chi connectivity index (χ1v) is 8.25. The number of nitrogen functional groups attached to an aromatic ring is 1. The van der Waals surface area contributed by atoms with Gasteiger partial charge in [0.1, 0.15) is 5.60 Å². The van der Waals surface area contributed by atoms with Crippen LogP contribution in [0.4, 0.5) is 11.4 Å². The molecular formula is C18H22ClN3O. The predicted octanol–water partition coefficient (Wildman–Crippen LogP) is 4.03. The minimum absolute atomic E-state index is 0.531. The maximum atomic E-state index is 9.98. The zero-order chi connectivity index (χ0) is 16.6. The Morgan fingerprint density at radius 2 is 2.04 bits per heavy atom. The summed E-state index contributed by atoms with van der Waals surface area (Å²) in [6.45, 7) is 4.36. The average Bonchev–Trinajstić information content (AvgIpc) is 3.32. The largest absolute Gasteiger partial charge is 0.396 e. The number of aromatic nitrogens is 1. The second-order valence-corrected chi connectivity index (χ2v) is 7.08. The summed E-state index contributed by atoms with van der Waals surface area (Å²) in [7, 11) is 0. The highest BCUT2D eigenvalue weighted by Gasteiger charge is 2.21. The SMILES string of the molecule is CC(C)(O)c1ccc(-c2ccc(NCC3CC3)c(N)c2Cl)cn1. The third kappa shape index (κ3) is 3.59. The van der Waals surface area contributed by atoms with E-state index in [0.29, 0.717) is 16.4 Å². The summed E-state index contributed by atoms with van der Waals surface area (Å²) in [6, 6.07) is 7.62. The van der Waals surface area contributed by atoms with Gasteiger partial charge in [0.25, 0.3) is 0 Å². The second-order valence-electron chi connectivity index (χ2n) is 6.70. The fourth-order valence-corrected chi connectivity index (χ4v) is 2.74. The highest BCUT2D eigenvalue weighted by molar-refractivity contribution is 6.36. The summed E-state index contributed by atoms with van der Waals surface area (Å²) in [5.74, 6) is 0.770. The maximum absolute atomic E-state index is 9.98. The Hall–Kier alpha value is -1.78. The molecule has 1 heterocycles. The van der Waals surface area contributed by atoms with Crippen molar-refractivity contribution >= 4 is 23.0 Å². The van der Waals surface area contributed by atoms with Crippen LogP contribution in [-0.2, 0) is 5.60 Å². The minimum Gasteiger partial charge on any atom is -0.396 e. The van der Waals surface area contributed by atoms with Gasteiger partial charge in [0.15, 0.2) is 0 Å². The van der Waals surface area contributed by atoms with E-state index < -0.39 is 5.60 Å². The van der Waals surface area contributed by atoms with Crippen molar-refractivity contribution in [1.29, 1.82) is 0 Å². The molecule has 0 atom stereocenters. The van der Waals surface area contributed by atoms with Gasteiger partial charge in [0.05, 0.1) is 22.1 Å². The Morgan fingerprint density at radius 3 is 2.61 bits per heavy atom. The number of rotatable bonds is 5. The quantitative estimate of drug-likeness (QED) is 0.723. The van der Waals surface area contributed by atoms with Crippen LogP contribution in [0.25, 0.3) is 11.1 Å². The van der Waals surface area contributed by atoms with Gasteiger partial charge in [0, 0.05) is 23.9 Å². The van der Waals surface area contributed by atoms with Gasteiger partial charge in [-0.2, -0.15) is 0 Å². The first-order chi connectivity index (χ1) is 10.9. The van der Waals surface area contributed by atoms with Crippen LogP contribution >= 0.6 is 11.6 Å². The summed E-state index contributed by atoms with van der Waals surface area (Å²) >= 11 is 6.45. The topological polar surface area (TPSA) is 71.2 Å². The van der Waals surface area contributed by atoms with E-state index in [9.17, 15) is 5.11 Å². The van der Waals surface area contributed by atoms with E-state index in [2.05, 4.69) is 10.3 Å². The number of anilines is 2. The lowest BCUT2D eigenvalue weighted by atomic mass is 10.0. The van der Waals surface area contributed by atoms with Gasteiger partial charge in [0.2, 0.25) is 0 Å². The molecule has 1 aromatic heterocycles. The van der Waals surface area contributed by atoms with Crippen LogP contribution in [0.5, 0.6) is 0 Å². The highest BCUT2D eigenvalue weighted by atomic mass is 35.5. The van der Waals surface area contributed by atoms with E-state index in [1.54, 1.807) is 26.1 Å². The molecule has 1 aliphatic rings. The number of nitrogens with zero attached hydrogens (tertiary/aromatic N) is 1. The van der Waals surface area contributed by atoms with Crippen LogP contribution in [0.2, 0.25) is 5.02 Å². The van der Waals surface area contributed by atoms with Gasteiger partial charge in [-0.3, -0.25) is 4.98 Å². The fourth-order valence-electron chi connectivity index (χ4n) is 2.46. The standard InChI is InChI=1S/C18H22ClN3O/c1-18(2,23)15-8-5-12(10-22-15)13-6-7-14(17(20)16(13)19)21-9-11-3-4-11/h5-8,10-11,21,23H,3-4,9,20H2,1-2H3. The number of nitrogens with one attached hydrogen (secondary N) is 1. The van der Waals surface area contributed by atoms with Crippen molar-refractivity contribution in [2.24, 2.45) is 5.92 Å². The van der Waals surface area contributed by atoms with Crippen LogP contribution in [-0.4, -0.2) is 16.6 Å². The molecule has 122 valence electrons. The lowest BCUT2D eigenvalue weighted by Crippen LogP contribution is -2.17. The third-order valence-corrected chi connectivity index (χ3v) is 4.57. The summed E-state index contributed by atoms with van der Waals surface area (Å²) in [5, 5.41) is 13.9. The molecule has 0 bridgehead atoms. The average molecular weight is 332 g/mol. The first kappa shape index (κ1) is 16.1. The van der Waals surface area contributed by atoms with E-state index in [-0.39, 0.29) is 0 Å². The van der Waals surface area contributed by atoms with Gasteiger partial charge in [-0.25, -0.2) is 0 Å². The Balaban J connectivity index is 1.86.